The van der Waals surface area contributed by atoms with Crippen molar-refractivity contribution in [3.05, 3.63) is 243 Å². The molecule has 0 spiro atoms. The molecule has 0 heterocycles. The minimum absolute atomic E-state index is 1.22. The Bertz CT molecular complexity index is 3130. The van der Waals surface area contributed by atoms with Crippen LogP contribution in [0.2, 0.25) is 0 Å². The predicted octanol–water partition coefficient (Wildman–Crippen LogP) is 12.7. The highest BCUT2D eigenvalue weighted by molar-refractivity contribution is 7.21. The molecule has 0 bridgehead atoms. The van der Waals surface area contributed by atoms with Crippen LogP contribution in [0, 0.1) is 0 Å². The standard InChI is InChI=1S/C58H40Si/c1-6-22-41(23-7-1)55-47-32-16-17-33-48(47)56(42-24-8-2-9-25-42)54-40-43(38-39-51(54)55)57-49-34-18-20-36-52(49)58(53-37-21-19-35-50(53)57)59(44-26-10-3-11-27-44,45-28-12-4-13-29-45)46-30-14-5-15-31-46/h1-40H. The zero-order chi connectivity index (χ0) is 39.2. The van der Waals surface area contributed by atoms with Crippen LogP contribution in [0.1, 0.15) is 0 Å². The second kappa shape index (κ2) is 14.6. The first-order valence-electron chi connectivity index (χ1n) is 20.5. The van der Waals surface area contributed by atoms with Crippen molar-refractivity contribution in [1.82, 2.24) is 0 Å². The van der Waals surface area contributed by atoms with Gasteiger partial charge >= 0.3 is 0 Å². The molecule has 0 aliphatic carbocycles. The minimum Gasteiger partial charge on any atom is -0.0623 e. The Morgan fingerprint density at radius 2 is 0.492 bits per heavy atom. The van der Waals surface area contributed by atoms with Gasteiger partial charge in [-0.3, -0.25) is 0 Å². The van der Waals surface area contributed by atoms with Gasteiger partial charge in [-0.1, -0.05) is 237 Å². The summed E-state index contributed by atoms with van der Waals surface area (Å²) in [4.78, 5) is 0. The summed E-state index contributed by atoms with van der Waals surface area (Å²) >= 11 is 0. The van der Waals surface area contributed by atoms with Crippen LogP contribution in [0.3, 0.4) is 0 Å². The smallest absolute Gasteiger partial charge is 0.0623 e. The fraction of sp³-hybridized carbons (Fsp3) is 0. The van der Waals surface area contributed by atoms with Crippen molar-refractivity contribution < 1.29 is 0 Å². The van der Waals surface area contributed by atoms with Gasteiger partial charge in [0.15, 0.2) is 8.07 Å². The van der Waals surface area contributed by atoms with Gasteiger partial charge in [-0.2, -0.15) is 0 Å². The molecule has 0 nitrogen and oxygen atoms in total. The van der Waals surface area contributed by atoms with Crippen LogP contribution in [0.4, 0.5) is 0 Å². The molecule has 0 aliphatic heterocycles. The lowest BCUT2D eigenvalue weighted by Crippen LogP contribution is -2.75. The first-order chi connectivity index (χ1) is 29.3. The summed E-state index contributed by atoms with van der Waals surface area (Å²) in [5.41, 5.74) is 7.48. The molecule has 0 atom stereocenters. The van der Waals surface area contributed by atoms with Crippen LogP contribution in [0.25, 0.3) is 76.5 Å². The van der Waals surface area contributed by atoms with E-state index in [4.69, 9.17) is 0 Å². The van der Waals surface area contributed by atoms with Crippen molar-refractivity contribution in [3.8, 4) is 33.4 Å². The van der Waals surface area contributed by atoms with E-state index in [1.165, 1.54) is 97.2 Å². The quantitative estimate of drug-likeness (QED) is 0.0861. The van der Waals surface area contributed by atoms with E-state index in [1.807, 2.05) is 0 Å². The molecule has 11 rings (SSSR count). The summed E-state index contributed by atoms with van der Waals surface area (Å²) in [7, 11) is -2.92. The van der Waals surface area contributed by atoms with Gasteiger partial charge in [0.05, 0.1) is 0 Å². The van der Waals surface area contributed by atoms with Crippen LogP contribution in [-0.4, -0.2) is 8.07 Å². The number of fused-ring (bicyclic) bond motifs is 4. The van der Waals surface area contributed by atoms with Crippen molar-refractivity contribution in [3.63, 3.8) is 0 Å². The molecule has 0 aliphatic rings. The molecular weight excluding hydrogens is 725 g/mol. The van der Waals surface area contributed by atoms with E-state index in [0.29, 0.717) is 0 Å². The molecule has 0 aromatic heterocycles. The molecular formula is C58H40Si. The Kier molecular flexibility index (Phi) is 8.61. The van der Waals surface area contributed by atoms with Crippen molar-refractivity contribution in [2.45, 2.75) is 0 Å². The summed E-state index contributed by atoms with van der Waals surface area (Å²) in [5, 5.41) is 15.7. The third-order valence-corrected chi connectivity index (χ3v) is 17.3. The van der Waals surface area contributed by atoms with E-state index in [2.05, 4.69) is 243 Å². The van der Waals surface area contributed by atoms with Crippen LogP contribution >= 0.6 is 0 Å². The fourth-order valence-electron chi connectivity index (χ4n) is 10.0. The van der Waals surface area contributed by atoms with Gasteiger partial charge in [0.1, 0.15) is 0 Å². The molecule has 0 radical (unpaired) electrons. The lowest BCUT2D eigenvalue weighted by molar-refractivity contribution is 1.64. The van der Waals surface area contributed by atoms with Crippen LogP contribution in [0.15, 0.2) is 243 Å². The zero-order valence-corrected chi connectivity index (χ0v) is 33.6. The summed E-state index contributed by atoms with van der Waals surface area (Å²) in [5.74, 6) is 0. The second-order valence-corrected chi connectivity index (χ2v) is 19.2. The minimum atomic E-state index is -2.92. The lowest BCUT2D eigenvalue weighted by Gasteiger charge is -2.37. The van der Waals surface area contributed by atoms with E-state index < -0.39 is 8.07 Å². The summed E-state index contributed by atoms with van der Waals surface area (Å²) in [6, 6.07) is 90.4. The predicted molar refractivity (Wildman–Crippen MR) is 256 cm³/mol. The number of benzene rings is 11. The molecule has 276 valence electrons. The van der Waals surface area contributed by atoms with Crippen LogP contribution in [-0.2, 0) is 0 Å². The van der Waals surface area contributed by atoms with Crippen LogP contribution < -0.4 is 20.7 Å². The van der Waals surface area contributed by atoms with Gasteiger partial charge < -0.3 is 0 Å². The highest BCUT2D eigenvalue weighted by Gasteiger charge is 2.44. The first-order valence-corrected chi connectivity index (χ1v) is 22.5. The number of hydrogen-bond acceptors (Lipinski definition) is 0. The zero-order valence-electron chi connectivity index (χ0n) is 32.6. The van der Waals surface area contributed by atoms with E-state index in [1.54, 1.807) is 0 Å². The topological polar surface area (TPSA) is 0 Å². The molecule has 0 saturated carbocycles. The maximum absolute atomic E-state index is 2.92. The Labute approximate surface area is 346 Å². The van der Waals surface area contributed by atoms with E-state index in [-0.39, 0.29) is 0 Å². The van der Waals surface area contributed by atoms with Crippen molar-refractivity contribution in [2.24, 2.45) is 0 Å². The largest absolute Gasteiger partial charge is 0.180 e. The van der Waals surface area contributed by atoms with Gasteiger partial charge in [-0.05, 0) is 103 Å². The summed E-state index contributed by atoms with van der Waals surface area (Å²) in [6.45, 7) is 0. The Hall–Kier alpha value is -7.32. The molecule has 11 aromatic carbocycles. The normalized spacial score (nSPS) is 11.7. The second-order valence-electron chi connectivity index (χ2n) is 15.5. The first kappa shape index (κ1) is 34.9. The fourth-order valence-corrected chi connectivity index (χ4v) is 15.2. The number of hydrogen-bond donors (Lipinski definition) is 0. The maximum Gasteiger partial charge on any atom is 0.180 e. The molecule has 0 N–H and O–H groups in total. The third-order valence-electron chi connectivity index (χ3n) is 12.4. The van der Waals surface area contributed by atoms with Gasteiger partial charge in [0.25, 0.3) is 0 Å². The Morgan fingerprint density at radius 1 is 0.203 bits per heavy atom. The number of rotatable bonds is 7. The lowest BCUT2D eigenvalue weighted by atomic mass is 9.84. The Balaban J connectivity index is 1.30. The van der Waals surface area contributed by atoms with E-state index >= 15 is 0 Å². The third kappa shape index (κ3) is 5.58. The van der Waals surface area contributed by atoms with Gasteiger partial charge in [-0.25, -0.2) is 0 Å². The van der Waals surface area contributed by atoms with E-state index in [9.17, 15) is 0 Å². The average Bonchev–Trinajstić information content (AvgIpc) is 3.32. The monoisotopic (exact) mass is 764 g/mol. The van der Waals surface area contributed by atoms with Gasteiger partial charge in [0, 0.05) is 0 Å². The van der Waals surface area contributed by atoms with Crippen molar-refractivity contribution in [2.75, 3.05) is 0 Å². The van der Waals surface area contributed by atoms with Crippen molar-refractivity contribution >= 4 is 71.9 Å². The molecule has 1 heteroatoms. The summed E-state index contributed by atoms with van der Waals surface area (Å²) < 4.78 is 0. The van der Waals surface area contributed by atoms with Crippen molar-refractivity contribution in [1.29, 1.82) is 0 Å². The molecule has 0 amide bonds. The van der Waals surface area contributed by atoms with Gasteiger partial charge in [-0.15, -0.1) is 0 Å². The average molecular weight is 765 g/mol. The Morgan fingerprint density at radius 3 is 0.898 bits per heavy atom. The van der Waals surface area contributed by atoms with Crippen LogP contribution in [0.5, 0.6) is 0 Å². The maximum atomic E-state index is 2.49. The highest BCUT2D eigenvalue weighted by atomic mass is 28.3. The molecule has 11 aromatic rings. The van der Waals surface area contributed by atoms with E-state index in [0.717, 1.165) is 0 Å². The summed E-state index contributed by atoms with van der Waals surface area (Å²) in [6.07, 6.45) is 0. The molecule has 59 heavy (non-hydrogen) atoms. The molecule has 0 unspecified atom stereocenters. The molecule has 0 fully saturated rings. The van der Waals surface area contributed by atoms with Gasteiger partial charge in [0.2, 0.25) is 0 Å². The SMILES string of the molecule is c1ccc(-c2c3ccccc3c(-c3ccccc3)c3cc(-c4c5ccccc5c([Si](c5ccccc5)(c5ccccc5)c5ccccc5)c5ccccc45)ccc23)cc1. The highest BCUT2D eigenvalue weighted by Crippen LogP contribution is 2.46. The molecule has 0 saturated heterocycles.